The molecule has 62 heavy (non-hydrogen) atoms. The Morgan fingerprint density at radius 3 is 1.32 bits per heavy atom. The lowest BCUT2D eigenvalue weighted by atomic mass is 10.0. The molecule has 0 spiro atoms. The zero-order valence-electron chi connectivity index (χ0n) is 41.6. The van der Waals surface area contributed by atoms with Gasteiger partial charge in [-0.25, -0.2) is 0 Å². The minimum absolute atomic E-state index is 0.0266. The standard InChI is InChI=1S/C53H102NO7P/c1-6-8-10-12-14-16-18-20-22-23-24-25-26-27-28-29-30-31-32-34-36-38-40-42-44-46-53(55)61-52(51-60-62(56,57)59-49-47-54(3,4)5)50-58-48-45-43-41-39-37-35-33-21-19-17-15-13-11-9-7-2/h18,20,23-24,26-27,52H,6-17,19,21-22,25,28-51H2,1-5H3/b20-18-,24-23-,27-26-. The van der Waals surface area contributed by atoms with Crippen molar-refractivity contribution in [2.24, 2.45) is 0 Å². The van der Waals surface area contributed by atoms with Crippen LogP contribution in [0.3, 0.4) is 0 Å². The lowest BCUT2D eigenvalue weighted by molar-refractivity contribution is -0.870. The summed E-state index contributed by atoms with van der Waals surface area (Å²) in [5.41, 5.74) is 0. The quantitative estimate of drug-likeness (QED) is 0.0197. The van der Waals surface area contributed by atoms with Gasteiger partial charge in [0.1, 0.15) is 19.3 Å². The zero-order chi connectivity index (χ0) is 45.5. The summed E-state index contributed by atoms with van der Waals surface area (Å²) in [4.78, 5) is 25.2. The first-order valence-electron chi connectivity index (χ1n) is 26.2. The molecule has 0 radical (unpaired) electrons. The predicted molar refractivity (Wildman–Crippen MR) is 263 cm³/mol. The maximum absolute atomic E-state index is 12.7. The van der Waals surface area contributed by atoms with E-state index in [2.05, 4.69) is 50.3 Å². The second kappa shape index (κ2) is 46.3. The second-order valence-corrected chi connectivity index (χ2v) is 20.3. The fourth-order valence-corrected chi connectivity index (χ4v) is 8.11. The molecule has 0 bridgehead atoms. The van der Waals surface area contributed by atoms with Gasteiger partial charge < -0.3 is 27.9 Å². The van der Waals surface area contributed by atoms with Gasteiger partial charge in [-0.2, -0.15) is 0 Å². The molecule has 2 unspecified atom stereocenters. The number of likely N-dealkylation sites (N-methyl/N-ethyl adjacent to an activating group) is 1. The van der Waals surface area contributed by atoms with Crippen molar-refractivity contribution in [3.05, 3.63) is 36.5 Å². The smallest absolute Gasteiger partial charge is 0.306 e. The molecule has 0 heterocycles. The Hall–Kier alpha value is -1.28. The van der Waals surface area contributed by atoms with E-state index in [4.69, 9.17) is 18.5 Å². The van der Waals surface area contributed by atoms with Crippen LogP contribution in [0.15, 0.2) is 36.5 Å². The number of ether oxygens (including phenoxy) is 2. The molecular weight excluding hydrogens is 794 g/mol. The first-order valence-corrected chi connectivity index (χ1v) is 27.7. The number of hydrogen-bond acceptors (Lipinski definition) is 7. The summed E-state index contributed by atoms with van der Waals surface area (Å²) in [5, 5.41) is 0. The maximum atomic E-state index is 12.7. The molecule has 0 aliphatic carbocycles. The Morgan fingerprint density at radius 1 is 0.500 bits per heavy atom. The highest BCUT2D eigenvalue weighted by Gasteiger charge is 2.20. The summed E-state index contributed by atoms with van der Waals surface area (Å²) in [6.07, 6.45) is 55.9. The van der Waals surface area contributed by atoms with Crippen LogP contribution in [0, 0.1) is 0 Å². The van der Waals surface area contributed by atoms with Gasteiger partial charge in [0.15, 0.2) is 0 Å². The summed E-state index contributed by atoms with van der Waals surface area (Å²) in [6, 6.07) is 0. The van der Waals surface area contributed by atoms with Crippen molar-refractivity contribution in [3.63, 3.8) is 0 Å². The molecule has 0 saturated heterocycles. The van der Waals surface area contributed by atoms with E-state index in [1.807, 2.05) is 21.1 Å². The van der Waals surface area contributed by atoms with Crippen LogP contribution in [0.2, 0.25) is 0 Å². The number of rotatable bonds is 49. The molecule has 0 N–H and O–H groups in total. The lowest BCUT2D eigenvalue weighted by Crippen LogP contribution is -2.37. The third-order valence-corrected chi connectivity index (χ3v) is 12.4. The van der Waals surface area contributed by atoms with Crippen LogP contribution in [0.5, 0.6) is 0 Å². The fraction of sp³-hybridized carbons (Fsp3) is 0.868. The molecule has 0 aliphatic rings. The van der Waals surface area contributed by atoms with Crippen LogP contribution in [-0.2, 0) is 27.9 Å². The minimum atomic E-state index is -4.53. The van der Waals surface area contributed by atoms with E-state index < -0.39 is 13.9 Å². The molecule has 0 rings (SSSR count). The first-order chi connectivity index (χ1) is 30.1. The molecule has 0 saturated carbocycles. The summed E-state index contributed by atoms with van der Waals surface area (Å²) >= 11 is 0. The normalized spacial score (nSPS) is 13.8. The number of phosphoric ester groups is 1. The number of carbonyl (C=O) groups is 1. The number of unbranched alkanes of at least 4 members (excludes halogenated alkanes) is 29. The van der Waals surface area contributed by atoms with Gasteiger partial charge in [0.05, 0.1) is 34.4 Å². The van der Waals surface area contributed by atoms with Crippen LogP contribution >= 0.6 is 7.82 Å². The number of esters is 1. The van der Waals surface area contributed by atoms with E-state index in [-0.39, 0.29) is 25.8 Å². The van der Waals surface area contributed by atoms with E-state index in [9.17, 15) is 14.3 Å². The molecule has 8 nitrogen and oxygen atoms in total. The van der Waals surface area contributed by atoms with Crippen molar-refractivity contribution >= 4 is 13.8 Å². The van der Waals surface area contributed by atoms with Gasteiger partial charge in [-0.1, -0.05) is 217 Å². The van der Waals surface area contributed by atoms with Gasteiger partial charge in [0, 0.05) is 13.0 Å². The first kappa shape index (κ1) is 60.7. The zero-order valence-corrected chi connectivity index (χ0v) is 42.5. The molecule has 366 valence electrons. The fourth-order valence-electron chi connectivity index (χ4n) is 7.38. The monoisotopic (exact) mass is 896 g/mol. The van der Waals surface area contributed by atoms with E-state index >= 15 is 0 Å². The van der Waals surface area contributed by atoms with E-state index in [0.29, 0.717) is 24.1 Å². The highest BCUT2D eigenvalue weighted by molar-refractivity contribution is 7.45. The SMILES string of the molecule is CCCCCCC/C=C\C/C=C\C/C=C\CCCCCCCCCCCCC(=O)OC(COCCCCCCCCCCCCCCCCC)COP(=O)([O-])OCC[N+](C)(C)C. The largest absolute Gasteiger partial charge is 0.756 e. The van der Waals surface area contributed by atoms with Crippen LogP contribution in [0.1, 0.15) is 239 Å². The topological polar surface area (TPSA) is 94.1 Å². The van der Waals surface area contributed by atoms with Crippen LogP contribution < -0.4 is 4.89 Å². The molecule has 0 amide bonds. The number of nitrogens with zero attached hydrogens (tertiary/aromatic N) is 1. The van der Waals surface area contributed by atoms with Crippen molar-refractivity contribution in [3.8, 4) is 0 Å². The molecule has 2 atom stereocenters. The van der Waals surface area contributed by atoms with E-state index in [1.165, 1.54) is 173 Å². The minimum Gasteiger partial charge on any atom is -0.756 e. The van der Waals surface area contributed by atoms with Crippen molar-refractivity contribution < 1.29 is 37.3 Å². The lowest BCUT2D eigenvalue weighted by Gasteiger charge is -2.28. The predicted octanol–water partition coefficient (Wildman–Crippen LogP) is 15.5. The third kappa shape index (κ3) is 49.7. The molecule has 0 aliphatic heterocycles. The number of phosphoric acid groups is 1. The molecule has 0 fully saturated rings. The van der Waals surface area contributed by atoms with Gasteiger partial charge in [-0.3, -0.25) is 9.36 Å². The number of hydrogen-bond donors (Lipinski definition) is 0. The van der Waals surface area contributed by atoms with E-state index in [0.717, 1.165) is 44.9 Å². The van der Waals surface area contributed by atoms with Gasteiger partial charge >= 0.3 is 5.97 Å². The Bertz CT molecular complexity index is 1090. The average molecular weight is 896 g/mol. The van der Waals surface area contributed by atoms with Gasteiger partial charge in [-0.15, -0.1) is 0 Å². The van der Waals surface area contributed by atoms with Crippen LogP contribution in [0.4, 0.5) is 0 Å². The van der Waals surface area contributed by atoms with Gasteiger partial charge in [0.25, 0.3) is 7.82 Å². The molecule has 0 aromatic heterocycles. The molecule has 9 heteroatoms. The number of quaternary nitrogens is 1. The van der Waals surface area contributed by atoms with Crippen molar-refractivity contribution in [1.82, 2.24) is 0 Å². The summed E-state index contributed by atoms with van der Waals surface area (Å²) in [5.74, 6) is -0.335. The van der Waals surface area contributed by atoms with Crippen LogP contribution in [0.25, 0.3) is 0 Å². The van der Waals surface area contributed by atoms with Crippen molar-refractivity contribution in [1.29, 1.82) is 0 Å². The molecular formula is C53H102NO7P. The number of carbonyl (C=O) groups excluding carboxylic acids is 1. The van der Waals surface area contributed by atoms with Gasteiger partial charge in [-0.05, 0) is 51.4 Å². The van der Waals surface area contributed by atoms with Gasteiger partial charge in [0.2, 0.25) is 0 Å². The third-order valence-electron chi connectivity index (χ3n) is 11.4. The Balaban J connectivity index is 4.10. The Kier molecular flexibility index (Phi) is 45.3. The van der Waals surface area contributed by atoms with Crippen molar-refractivity contribution in [2.45, 2.75) is 245 Å². The molecule has 0 aromatic rings. The highest BCUT2D eigenvalue weighted by atomic mass is 31.2. The van der Waals surface area contributed by atoms with E-state index in [1.54, 1.807) is 0 Å². The number of allylic oxidation sites excluding steroid dienone is 6. The Morgan fingerprint density at radius 2 is 0.887 bits per heavy atom. The summed E-state index contributed by atoms with van der Waals surface area (Å²) in [7, 11) is 1.36. The second-order valence-electron chi connectivity index (χ2n) is 18.9. The van der Waals surface area contributed by atoms with Crippen molar-refractivity contribution in [2.75, 3.05) is 54.1 Å². The maximum Gasteiger partial charge on any atom is 0.306 e. The summed E-state index contributed by atoms with van der Waals surface area (Å²) < 4.78 is 34.7. The highest BCUT2D eigenvalue weighted by Crippen LogP contribution is 2.38. The molecule has 0 aromatic carbocycles. The Labute approximate surface area is 385 Å². The summed E-state index contributed by atoms with van der Waals surface area (Å²) in [6.45, 7) is 5.44. The van der Waals surface area contributed by atoms with Crippen LogP contribution in [-0.4, -0.2) is 70.7 Å². The average Bonchev–Trinajstić information content (AvgIpc) is 3.23.